The van der Waals surface area contributed by atoms with E-state index in [0.717, 1.165) is 12.4 Å². The summed E-state index contributed by atoms with van der Waals surface area (Å²) in [6.07, 6.45) is 0. The van der Waals surface area contributed by atoms with Crippen LogP contribution in [0.4, 0.5) is 5.69 Å². The second-order valence-electron chi connectivity index (χ2n) is 4.92. The summed E-state index contributed by atoms with van der Waals surface area (Å²) in [4.78, 5) is 0. The maximum absolute atomic E-state index is 6.28. The molecule has 1 aliphatic heterocycles. The molecule has 2 aromatic carbocycles. The number of hydrogen-bond donors (Lipinski definition) is 1. The Labute approximate surface area is 107 Å². The quantitative estimate of drug-likeness (QED) is 0.759. The van der Waals surface area contributed by atoms with Crippen LogP contribution in [-0.2, 0) is 6.54 Å². The van der Waals surface area contributed by atoms with Crippen molar-refractivity contribution in [3.05, 3.63) is 64.7 Å². The zero-order valence-corrected chi connectivity index (χ0v) is 10.8. The Hall–Kier alpha value is -2.09. The van der Waals surface area contributed by atoms with Gasteiger partial charge in [-0.05, 0) is 37.1 Å². The van der Waals surface area contributed by atoms with Gasteiger partial charge in [0.25, 0.3) is 5.84 Å². The third-order valence-corrected chi connectivity index (χ3v) is 3.57. The first-order chi connectivity index (χ1) is 8.66. The molecule has 0 fully saturated rings. The average molecular weight is 237 g/mol. The molecule has 1 aliphatic rings. The molecule has 90 valence electrons. The van der Waals surface area contributed by atoms with Crippen LogP contribution in [0.15, 0.2) is 42.5 Å². The molecule has 0 amide bonds. The standard InChI is InChI=1S/C16H16N2/c1-11-7-8-12(2)15(9-11)18-10-13-5-3-4-6-14(13)16(18)17/h3-9,17H,10H2,1-2H3/p+1. The topological polar surface area (TPSA) is 29.0 Å². The molecule has 0 aliphatic carbocycles. The van der Waals surface area contributed by atoms with E-state index in [9.17, 15) is 0 Å². The number of nitrogens with two attached hydrogens (primary N) is 1. The molecule has 0 bridgehead atoms. The van der Waals surface area contributed by atoms with E-state index >= 15 is 0 Å². The first-order valence-electron chi connectivity index (χ1n) is 6.22. The molecule has 0 unspecified atom stereocenters. The Bertz CT molecular complexity index is 654. The van der Waals surface area contributed by atoms with Gasteiger partial charge in [0.05, 0.1) is 5.56 Å². The van der Waals surface area contributed by atoms with Gasteiger partial charge >= 0.3 is 0 Å². The molecule has 2 nitrogen and oxygen atoms in total. The van der Waals surface area contributed by atoms with Crippen molar-refractivity contribution in [1.82, 2.24) is 0 Å². The molecule has 18 heavy (non-hydrogen) atoms. The highest BCUT2D eigenvalue weighted by Crippen LogP contribution is 2.27. The van der Waals surface area contributed by atoms with Crippen LogP contribution in [0.5, 0.6) is 0 Å². The zero-order chi connectivity index (χ0) is 12.7. The van der Waals surface area contributed by atoms with E-state index in [-0.39, 0.29) is 0 Å². The normalized spacial score (nSPS) is 13.9. The van der Waals surface area contributed by atoms with E-state index in [1.807, 2.05) is 6.07 Å². The second-order valence-corrected chi connectivity index (χ2v) is 4.92. The van der Waals surface area contributed by atoms with Crippen molar-refractivity contribution < 1.29 is 4.58 Å². The number of rotatable bonds is 1. The lowest BCUT2D eigenvalue weighted by atomic mass is 10.1. The molecule has 0 atom stereocenters. The summed E-state index contributed by atoms with van der Waals surface area (Å²) >= 11 is 0. The molecular formula is C16H17N2+. The fourth-order valence-corrected chi connectivity index (χ4v) is 2.53. The highest BCUT2D eigenvalue weighted by atomic mass is 15.1. The van der Waals surface area contributed by atoms with Crippen molar-refractivity contribution in [2.75, 3.05) is 0 Å². The number of benzene rings is 2. The molecule has 2 N–H and O–H groups in total. The highest BCUT2D eigenvalue weighted by Gasteiger charge is 2.26. The van der Waals surface area contributed by atoms with E-state index < -0.39 is 0 Å². The second kappa shape index (κ2) is 3.98. The molecular weight excluding hydrogens is 220 g/mol. The van der Waals surface area contributed by atoms with Gasteiger partial charge in [0.2, 0.25) is 0 Å². The summed E-state index contributed by atoms with van der Waals surface area (Å²) in [5.74, 6) is 0.860. The Morgan fingerprint density at radius 3 is 2.61 bits per heavy atom. The number of fused-ring (bicyclic) bond motifs is 1. The fraction of sp³-hybridized carbons (Fsp3) is 0.188. The van der Waals surface area contributed by atoms with Gasteiger partial charge in [-0.15, -0.1) is 0 Å². The molecule has 2 heteroatoms. The number of amidine groups is 1. The van der Waals surface area contributed by atoms with Gasteiger partial charge in [0.1, 0.15) is 12.2 Å². The van der Waals surface area contributed by atoms with Crippen LogP contribution in [0.3, 0.4) is 0 Å². The lowest BCUT2D eigenvalue weighted by molar-refractivity contribution is -0.453. The smallest absolute Gasteiger partial charge is 0.280 e. The summed E-state index contributed by atoms with van der Waals surface area (Å²) < 4.78 is 2.20. The first kappa shape index (κ1) is 11.0. The van der Waals surface area contributed by atoms with Gasteiger partial charge in [-0.1, -0.05) is 30.3 Å². The SMILES string of the molecule is Cc1ccc(C)c([N+]2=C(N)c3ccccc3C2)c1. The molecule has 0 radical (unpaired) electrons. The largest absolute Gasteiger partial charge is 0.286 e. The molecule has 0 aromatic heterocycles. The zero-order valence-electron chi connectivity index (χ0n) is 10.8. The van der Waals surface area contributed by atoms with Crippen molar-refractivity contribution in [3.63, 3.8) is 0 Å². The predicted octanol–water partition coefficient (Wildman–Crippen LogP) is 2.87. The molecule has 3 rings (SSSR count). The van der Waals surface area contributed by atoms with Crippen molar-refractivity contribution in [2.24, 2.45) is 5.73 Å². The van der Waals surface area contributed by atoms with E-state index in [4.69, 9.17) is 5.73 Å². The van der Waals surface area contributed by atoms with E-state index in [0.29, 0.717) is 0 Å². The molecule has 1 heterocycles. The minimum atomic E-state index is 0.860. The lowest BCUT2D eigenvalue weighted by Gasteiger charge is -2.07. The summed E-state index contributed by atoms with van der Waals surface area (Å²) in [6, 6.07) is 14.8. The molecule has 0 saturated carbocycles. The molecule has 0 spiro atoms. The number of aryl methyl sites for hydroxylation is 2. The highest BCUT2D eigenvalue weighted by molar-refractivity contribution is 5.97. The van der Waals surface area contributed by atoms with Crippen molar-refractivity contribution >= 4 is 11.5 Å². The molecule has 2 aromatic rings. The maximum Gasteiger partial charge on any atom is 0.280 e. The van der Waals surface area contributed by atoms with Crippen molar-refractivity contribution in [1.29, 1.82) is 0 Å². The van der Waals surface area contributed by atoms with Crippen molar-refractivity contribution in [3.8, 4) is 0 Å². The predicted molar refractivity (Wildman–Crippen MR) is 74.3 cm³/mol. The summed E-state index contributed by atoms with van der Waals surface area (Å²) in [5, 5.41) is 0. The van der Waals surface area contributed by atoms with Crippen LogP contribution in [0.1, 0.15) is 22.3 Å². The van der Waals surface area contributed by atoms with Gasteiger partial charge in [0, 0.05) is 5.56 Å². The van der Waals surface area contributed by atoms with Crippen LogP contribution in [0, 0.1) is 13.8 Å². The van der Waals surface area contributed by atoms with Crippen LogP contribution in [0.25, 0.3) is 0 Å². The summed E-state index contributed by atoms with van der Waals surface area (Å²) in [5.41, 5.74) is 12.5. The van der Waals surface area contributed by atoms with Crippen LogP contribution >= 0.6 is 0 Å². The Morgan fingerprint density at radius 2 is 1.83 bits per heavy atom. The third-order valence-electron chi connectivity index (χ3n) is 3.57. The first-order valence-corrected chi connectivity index (χ1v) is 6.22. The van der Waals surface area contributed by atoms with E-state index in [1.165, 1.54) is 27.9 Å². The van der Waals surface area contributed by atoms with Gasteiger partial charge in [-0.25, -0.2) is 4.58 Å². The number of hydrogen-bond acceptors (Lipinski definition) is 1. The minimum absolute atomic E-state index is 0.860. The average Bonchev–Trinajstić information content (AvgIpc) is 2.71. The van der Waals surface area contributed by atoms with Crippen molar-refractivity contribution in [2.45, 2.75) is 20.4 Å². The monoisotopic (exact) mass is 237 g/mol. The maximum atomic E-state index is 6.28. The fourth-order valence-electron chi connectivity index (χ4n) is 2.53. The lowest BCUT2D eigenvalue weighted by Crippen LogP contribution is -2.20. The van der Waals surface area contributed by atoms with Gasteiger partial charge in [-0.2, -0.15) is 0 Å². The van der Waals surface area contributed by atoms with Gasteiger partial charge in [-0.3, -0.25) is 5.73 Å². The summed E-state index contributed by atoms with van der Waals surface area (Å²) in [7, 11) is 0. The number of nitrogens with zero attached hydrogens (tertiary/aromatic N) is 1. The summed E-state index contributed by atoms with van der Waals surface area (Å²) in [6.45, 7) is 5.11. The minimum Gasteiger partial charge on any atom is -0.286 e. The van der Waals surface area contributed by atoms with Gasteiger partial charge < -0.3 is 0 Å². The Morgan fingerprint density at radius 1 is 1.06 bits per heavy atom. The van der Waals surface area contributed by atoms with E-state index in [2.05, 4.69) is 54.8 Å². The Kier molecular flexibility index (Phi) is 2.44. The van der Waals surface area contributed by atoms with Gasteiger partial charge in [0.15, 0.2) is 0 Å². The third kappa shape index (κ3) is 1.61. The van der Waals surface area contributed by atoms with E-state index in [1.54, 1.807) is 0 Å². The Balaban J connectivity index is 2.16. The molecule has 0 saturated heterocycles. The van der Waals surface area contributed by atoms with Crippen LogP contribution in [-0.4, -0.2) is 10.4 Å². The van der Waals surface area contributed by atoms with Crippen LogP contribution in [0.2, 0.25) is 0 Å². The van der Waals surface area contributed by atoms with Crippen LogP contribution < -0.4 is 5.73 Å².